The molecule has 0 saturated carbocycles. The molecular formula is C21H20ClN3O4. The van der Waals surface area contributed by atoms with Gasteiger partial charge in [0.25, 0.3) is 5.91 Å². The second-order valence-electron chi connectivity index (χ2n) is 6.27. The first-order chi connectivity index (χ1) is 13.9. The van der Waals surface area contributed by atoms with Crippen LogP contribution in [0.4, 0.5) is 0 Å². The molecule has 1 aromatic heterocycles. The lowest BCUT2D eigenvalue weighted by atomic mass is 10.1. The van der Waals surface area contributed by atoms with Crippen molar-refractivity contribution in [1.29, 1.82) is 0 Å². The lowest BCUT2D eigenvalue weighted by Gasteiger charge is -2.16. The van der Waals surface area contributed by atoms with E-state index in [1.807, 2.05) is 13.0 Å². The SMILES string of the molecule is COC(=O)[C@@H](NC(=O)c1cc(C)n(-c2cccc(Cl)c2)n1)c1ccc(OC)cc1. The van der Waals surface area contributed by atoms with E-state index in [2.05, 4.69) is 10.4 Å². The van der Waals surface area contributed by atoms with Gasteiger partial charge in [0.15, 0.2) is 11.7 Å². The third kappa shape index (κ3) is 4.57. The second-order valence-corrected chi connectivity index (χ2v) is 6.70. The van der Waals surface area contributed by atoms with E-state index in [1.165, 1.54) is 7.11 Å². The minimum absolute atomic E-state index is 0.171. The molecule has 3 rings (SSSR count). The number of ether oxygens (including phenoxy) is 2. The number of aromatic nitrogens is 2. The van der Waals surface area contributed by atoms with E-state index in [4.69, 9.17) is 21.1 Å². The van der Waals surface area contributed by atoms with Gasteiger partial charge in [-0.25, -0.2) is 9.48 Å². The highest BCUT2D eigenvalue weighted by Gasteiger charge is 2.25. The molecule has 0 spiro atoms. The molecule has 3 aromatic rings. The Labute approximate surface area is 173 Å². The fourth-order valence-electron chi connectivity index (χ4n) is 2.85. The summed E-state index contributed by atoms with van der Waals surface area (Å²) >= 11 is 6.04. The van der Waals surface area contributed by atoms with Gasteiger partial charge in [0, 0.05) is 10.7 Å². The zero-order chi connectivity index (χ0) is 21.0. The first-order valence-electron chi connectivity index (χ1n) is 8.78. The molecule has 0 unspecified atom stereocenters. The Balaban J connectivity index is 1.86. The van der Waals surface area contributed by atoms with Crippen LogP contribution >= 0.6 is 11.6 Å². The van der Waals surface area contributed by atoms with Gasteiger partial charge in [-0.15, -0.1) is 0 Å². The van der Waals surface area contributed by atoms with Crippen LogP contribution in [-0.4, -0.2) is 35.9 Å². The molecule has 0 fully saturated rings. The highest BCUT2D eigenvalue weighted by molar-refractivity contribution is 6.30. The number of hydrogen-bond acceptors (Lipinski definition) is 5. The molecule has 2 aromatic carbocycles. The van der Waals surface area contributed by atoms with E-state index in [0.717, 1.165) is 11.4 Å². The molecule has 0 radical (unpaired) electrons. The predicted molar refractivity (Wildman–Crippen MR) is 109 cm³/mol. The molecule has 0 aliphatic rings. The van der Waals surface area contributed by atoms with Crippen molar-refractivity contribution in [3.8, 4) is 11.4 Å². The topological polar surface area (TPSA) is 82.5 Å². The second kappa shape index (κ2) is 8.79. The van der Waals surface area contributed by atoms with E-state index in [-0.39, 0.29) is 5.69 Å². The number of hydrogen-bond donors (Lipinski definition) is 1. The van der Waals surface area contributed by atoms with Crippen molar-refractivity contribution in [2.75, 3.05) is 14.2 Å². The van der Waals surface area contributed by atoms with Gasteiger partial charge in [0.1, 0.15) is 5.75 Å². The number of carbonyl (C=O) groups excluding carboxylic acids is 2. The molecule has 150 valence electrons. The summed E-state index contributed by atoms with van der Waals surface area (Å²) in [5.41, 5.74) is 2.21. The number of rotatable bonds is 6. The summed E-state index contributed by atoms with van der Waals surface area (Å²) in [4.78, 5) is 25.0. The van der Waals surface area contributed by atoms with E-state index in [9.17, 15) is 9.59 Å². The largest absolute Gasteiger partial charge is 0.497 e. The summed E-state index contributed by atoms with van der Waals surface area (Å²) in [6.07, 6.45) is 0. The minimum Gasteiger partial charge on any atom is -0.497 e. The fraction of sp³-hybridized carbons (Fsp3) is 0.190. The van der Waals surface area contributed by atoms with Crippen LogP contribution in [0.1, 0.15) is 27.8 Å². The van der Waals surface area contributed by atoms with Crippen LogP contribution in [0.2, 0.25) is 5.02 Å². The molecule has 1 N–H and O–H groups in total. The average molecular weight is 414 g/mol. The Bertz CT molecular complexity index is 1030. The number of amides is 1. The van der Waals surface area contributed by atoms with Crippen molar-refractivity contribution in [3.05, 3.63) is 76.6 Å². The van der Waals surface area contributed by atoms with E-state index in [1.54, 1.807) is 60.3 Å². The molecule has 1 atom stereocenters. The summed E-state index contributed by atoms with van der Waals surface area (Å²) in [5.74, 6) is -0.450. The maximum atomic E-state index is 12.8. The van der Waals surface area contributed by atoms with Gasteiger partial charge >= 0.3 is 5.97 Å². The number of carbonyl (C=O) groups is 2. The maximum absolute atomic E-state index is 12.8. The van der Waals surface area contributed by atoms with E-state index < -0.39 is 17.9 Å². The van der Waals surface area contributed by atoms with E-state index in [0.29, 0.717) is 16.3 Å². The van der Waals surface area contributed by atoms with Gasteiger partial charge in [-0.3, -0.25) is 4.79 Å². The summed E-state index contributed by atoms with van der Waals surface area (Å²) in [6, 6.07) is 14.6. The summed E-state index contributed by atoms with van der Waals surface area (Å²) < 4.78 is 11.6. The molecule has 8 heteroatoms. The van der Waals surface area contributed by atoms with Crippen LogP contribution in [0.15, 0.2) is 54.6 Å². The van der Waals surface area contributed by atoms with Crippen LogP contribution in [0.25, 0.3) is 5.69 Å². The van der Waals surface area contributed by atoms with Gasteiger partial charge in [-0.2, -0.15) is 5.10 Å². The first-order valence-corrected chi connectivity index (χ1v) is 9.16. The third-order valence-electron chi connectivity index (χ3n) is 4.33. The van der Waals surface area contributed by atoms with Gasteiger partial charge in [-0.1, -0.05) is 29.8 Å². The molecule has 0 bridgehead atoms. The number of benzene rings is 2. The molecule has 29 heavy (non-hydrogen) atoms. The van der Waals surface area contributed by atoms with Crippen molar-refractivity contribution in [2.24, 2.45) is 0 Å². The van der Waals surface area contributed by atoms with Crippen LogP contribution in [0, 0.1) is 6.92 Å². The summed E-state index contributed by atoms with van der Waals surface area (Å²) in [6.45, 7) is 1.83. The normalized spacial score (nSPS) is 11.6. The van der Waals surface area contributed by atoms with Gasteiger partial charge < -0.3 is 14.8 Å². The van der Waals surface area contributed by atoms with Crippen molar-refractivity contribution >= 4 is 23.5 Å². The Morgan fingerprint density at radius 1 is 1.10 bits per heavy atom. The van der Waals surface area contributed by atoms with Crippen molar-refractivity contribution in [1.82, 2.24) is 15.1 Å². The van der Waals surface area contributed by atoms with Crippen LogP contribution in [0.5, 0.6) is 5.75 Å². The number of halogens is 1. The minimum atomic E-state index is -0.977. The Hall–Kier alpha value is -3.32. The molecule has 7 nitrogen and oxygen atoms in total. The smallest absolute Gasteiger partial charge is 0.333 e. The van der Waals surface area contributed by atoms with E-state index >= 15 is 0 Å². The molecule has 0 saturated heterocycles. The van der Waals surface area contributed by atoms with Gasteiger partial charge in [0.05, 0.1) is 19.9 Å². The quantitative estimate of drug-likeness (QED) is 0.625. The Morgan fingerprint density at radius 2 is 1.83 bits per heavy atom. The van der Waals surface area contributed by atoms with Crippen molar-refractivity contribution in [2.45, 2.75) is 13.0 Å². The number of nitrogens with one attached hydrogen (secondary N) is 1. The number of nitrogens with zero attached hydrogens (tertiary/aromatic N) is 2. The summed E-state index contributed by atoms with van der Waals surface area (Å²) in [5, 5.41) is 7.60. The first kappa shape index (κ1) is 20.4. The van der Waals surface area contributed by atoms with Crippen LogP contribution in [0.3, 0.4) is 0 Å². The standard InChI is InChI=1S/C21H20ClN3O4/c1-13-11-18(24-25(13)16-6-4-5-15(22)12-16)20(26)23-19(21(27)29-3)14-7-9-17(28-2)10-8-14/h4-12,19H,1-3H3,(H,23,26)/t19-/m0/s1. The molecule has 1 heterocycles. The van der Waals surface area contributed by atoms with Crippen LogP contribution < -0.4 is 10.1 Å². The average Bonchev–Trinajstić information content (AvgIpc) is 3.13. The van der Waals surface area contributed by atoms with Gasteiger partial charge in [-0.05, 0) is 48.9 Å². The maximum Gasteiger partial charge on any atom is 0.333 e. The number of esters is 1. The number of aryl methyl sites for hydroxylation is 1. The molecule has 0 aliphatic carbocycles. The molecule has 1 amide bonds. The molecular weight excluding hydrogens is 394 g/mol. The third-order valence-corrected chi connectivity index (χ3v) is 4.57. The van der Waals surface area contributed by atoms with Crippen molar-refractivity contribution in [3.63, 3.8) is 0 Å². The predicted octanol–water partition coefficient (Wildman–Crippen LogP) is 3.49. The molecule has 0 aliphatic heterocycles. The van der Waals surface area contributed by atoms with Crippen LogP contribution in [-0.2, 0) is 9.53 Å². The zero-order valence-corrected chi connectivity index (χ0v) is 16.9. The van der Waals surface area contributed by atoms with Crippen molar-refractivity contribution < 1.29 is 19.1 Å². The fourth-order valence-corrected chi connectivity index (χ4v) is 3.04. The summed E-state index contributed by atoms with van der Waals surface area (Å²) in [7, 11) is 2.82. The van der Waals surface area contributed by atoms with Gasteiger partial charge in [0.2, 0.25) is 0 Å². The highest BCUT2D eigenvalue weighted by atomic mass is 35.5. The Morgan fingerprint density at radius 3 is 2.45 bits per heavy atom. The monoisotopic (exact) mass is 413 g/mol. The number of methoxy groups -OCH3 is 2. The zero-order valence-electron chi connectivity index (χ0n) is 16.2. The lowest BCUT2D eigenvalue weighted by molar-refractivity contribution is -0.143. The Kier molecular flexibility index (Phi) is 6.19. The highest BCUT2D eigenvalue weighted by Crippen LogP contribution is 2.20. The lowest BCUT2D eigenvalue weighted by Crippen LogP contribution is -2.34.